The molecule has 0 aromatic heterocycles. The van der Waals surface area contributed by atoms with Gasteiger partial charge in [-0.2, -0.15) is 0 Å². The molecule has 0 unspecified atom stereocenters. The molecular formula is C8H17NO2. The van der Waals surface area contributed by atoms with E-state index in [0.29, 0.717) is 12.2 Å². The molecule has 1 rings (SSSR count). The van der Waals surface area contributed by atoms with Gasteiger partial charge < -0.3 is 9.84 Å². The lowest BCUT2D eigenvalue weighted by atomic mass is 10.2. The second-order valence-corrected chi connectivity index (χ2v) is 3.24. The van der Waals surface area contributed by atoms with Gasteiger partial charge in [0.25, 0.3) is 0 Å². The summed E-state index contributed by atoms with van der Waals surface area (Å²) in [5.74, 6) is 0. The molecule has 1 aliphatic rings. The number of morpholine rings is 1. The predicted molar refractivity (Wildman–Crippen MR) is 43.5 cm³/mol. The molecule has 0 aromatic rings. The summed E-state index contributed by atoms with van der Waals surface area (Å²) < 4.78 is 5.54. The summed E-state index contributed by atoms with van der Waals surface area (Å²) >= 11 is 0. The van der Waals surface area contributed by atoms with Crippen molar-refractivity contribution in [3.8, 4) is 0 Å². The molecule has 0 bridgehead atoms. The summed E-state index contributed by atoms with van der Waals surface area (Å²) in [4.78, 5) is 2.23. The Balaban J connectivity index is 2.30. The van der Waals surface area contributed by atoms with Crippen LogP contribution in [0.4, 0.5) is 0 Å². The molecule has 0 aromatic carbocycles. The lowest BCUT2D eigenvalue weighted by Crippen LogP contribution is -2.46. The smallest absolute Gasteiger partial charge is 0.0678 e. The SMILES string of the molecule is C[C@@H]1CN(CCO)C[C@@H](C)O1. The van der Waals surface area contributed by atoms with Gasteiger partial charge in [0.05, 0.1) is 18.8 Å². The van der Waals surface area contributed by atoms with E-state index in [2.05, 4.69) is 18.7 Å². The molecule has 66 valence electrons. The van der Waals surface area contributed by atoms with Gasteiger partial charge in [-0.15, -0.1) is 0 Å². The fourth-order valence-electron chi connectivity index (χ4n) is 1.61. The molecule has 1 saturated heterocycles. The van der Waals surface area contributed by atoms with E-state index < -0.39 is 0 Å². The van der Waals surface area contributed by atoms with Crippen LogP contribution in [0.15, 0.2) is 0 Å². The van der Waals surface area contributed by atoms with E-state index in [9.17, 15) is 0 Å². The first kappa shape index (κ1) is 8.97. The van der Waals surface area contributed by atoms with Crippen molar-refractivity contribution in [3.05, 3.63) is 0 Å². The van der Waals surface area contributed by atoms with E-state index >= 15 is 0 Å². The summed E-state index contributed by atoms with van der Waals surface area (Å²) in [5.41, 5.74) is 0. The lowest BCUT2D eigenvalue weighted by molar-refractivity contribution is -0.0705. The number of ether oxygens (including phenoxy) is 1. The molecule has 1 N–H and O–H groups in total. The van der Waals surface area contributed by atoms with Gasteiger partial charge in [-0.1, -0.05) is 0 Å². The average molecular weight is 159 g/mol. The largest absolute Gasteiger partial charge is 0.395 e. The summed E-state index contributed by atoms with van der Waals surface area (Å²) in [6, 6.07) is 0. The molecule has 1 aliphatic heterocycles. The molecule has 0 saturated carbocycles. The van der Waals surface area contributed by atoms with E-state index in [4.69, 9.17) is 9.84 Å². The van der Waals surface area contributed by atoms with Crippen LogP contribution in [-0.2, 0) is 4.74 Å². The van der Waals surface area contributed by atoms with Crippen LogP contribution < -0.4 is 0 Å². The van der Waals surface area contributed by atoms with Gasteiger partial charge in [-0.25, -0.2) is 0 Å². The van der Waals surface area contributed by atoms with Crippen LogP contribution >= 0.6 is 0 Å². The highest BCUT2D eigenvalue weighted by atomic mass is 16.5. The zero-order chi connectivity index (χ0) is 8.27. The molecule has 0 aliphatic carbocycles. The average Bonchev–Trinajstić information content (AvgIpc) is 1.85. The fourth-order valence-corrected chi connectivity index (χ4v) is 1.61. The molecule has 0 spiro atoms. The van der Waals surface area contributed by atoms with Crippen molar-refractivity contribution in [1.82, 2.24) is 4.90 Å². The van der Waals surface area contributed by atoms with Crippen LogP contribution in [0.3, 0.4) is 0 Å². The van der Waals surface area contributed by atoms with Gasteiger partial charge in [0.2, 0.25) is 0 Å². The number of aliphatic hydroxyl groups excluding tert-OH is 1. The van der Waals surface area contributed by atoms with Crippen molar-refractivity contribution < 1.29 is 9.84 Å². The van der Waals surface area contributed by atoms with Gasteiger partial charge in [0, 0.05) is 19.6 Å². The summed E-state index contributed by atoms with van der Waals surface area (Å²) in [7, 11) is 0. The third kappa shape index (κ3) is 2.77. The van der Waals surface area contributed by atoms with Crippen molar-refractivity contribution in [2.24, 2.45) is 0 Å². The molecule has 11 heavy (non-hydrogen) atoms. The van der Waals surface area contributed by atoms with E-state index in [-0.39, 0.29) is 6.61 Å². The van der Waals surface area contributed by atoms with Crippen LogP contribution in [0, 0.1) is 0 Å². The second-order valence-electron chi connectivity index (χ2n) is 3.24. The number of nitrogens with zero attached hydrogens (tertiary/aromatic N) is 1. The monoisotopic (exact) mass is 159 g/mol. The van der Waals surface area contributed by atoms with Crippen molar-refractivity contribution >= 4 is 0 Å². The standard InChI is InChI=1S/C8H17NO2/c1-7-5-9(3-4-10)6-8(2)11-7/h7-8,10H,3-6H2,1-2H3/t7-,8-/m1/s1. The first-order valence-electron chi connectivity index (χ1n) is 4.21. The van der Waals surface area contributed by atoms with E-state index in [1.165, 1.54) is 0 Å². The van der Waals surface area contributed by atoms with Gasteiger partial charge in [0.15, 0.2) is 0 Å². The maximum atomic E-state index is 8.71. The Morgan fingerprint density at radius 3 is 2.36 bits per heavy atom. The van der Waals surface area contributed by atoms with E-state index in [1.54, 1.807) is 0 Å². The van der Waals surface area contributed by atoms with Crippen molar-refractivity contribution in [3.63, 3.8) is 0 Å². The molecule has 1 fully saturated rings. The summed E-state index contributed by atoms with van der Waals surface area (Å²) in [6.45, 7) is 7.06. The highest BCUT2D eigenvalue weighted by Crippen LogP contribution is 2.09. The highest BCUT2D eigenvalue weighted by Gasteiger charge is 2.20. The molecular weight excluding hydrogens is 142 g/mol. The quantitative estimate of drug-likeness (QED) is 0.619. The number of β-amino-alcohol motifs (C(OH)–C–C–N with tert-alkyl or cyclic N) is 1. The fraction of sp³-hybridized carbons (Fsp3) is 1.00. The van der Waals surface area contributed by atoms with E-state index in [0.717, 1.165) is 19.6 Å². The van der Waals surface area contributed by atoms with Crippen molar-refractivity contribution in [2.75, 3.05) is 26.2 Å². The van der Waals surface area contributed by atoms with Crippen LogP contribution in [0.5, 0.6) is 0 Å². The minimum Gasteiger partial charge on any atom is -0.395 e. The van der Waals surface area contributed by atoms with Crippen LogP contribution in [-0.4, -0.2) is 48.5 Å². The molecule has 3 heteroatoms. The maximum Gasteiger partial charge on any atom is 0.0678 e. The summed E-state index contributed by atoms with van der Waals surface area (Å²) in [5, 5.41) is 8.71. The van der Waals surface area contributed by atoms with Crippen LogP contribution in [0.25, 0.3) is 0 Å². The zero-order valence-corrected chi connectivity index (χ0v) is 7.29. The van der Waals surface area contributed by atoms with Crippen molar-refractivity contribution in [2.45, 2.75) is 26.1 Å². The summed E-state index contributed by atoms with van der Waals surface area (Å²) in [6.07, 6.45) is 0.621. The first-order chi connectivity index (χ1) is 5.22. The molecule has 1 heterocycles. The Hall–Kier alpha value is -0.120. The Bertz CT molecular complexity index is 109. The Morgan fingerprint density at radius 1 is 1.36 bits per heavy atom. The van der Waals surface area contributed by atoms with Gasteiger partial charge in [0.1, 0.15) is 0 Å². The Labute approximate surface area is 68.0 Å². The second kappa shape index (κ2) is 4.04. The van der Waals surface area contributed by atoms with Gasteiger partial charge in [-0.05, 0) is 13.8 Å². The van der Waals surface area contributed by atoms with Crippen molar-refractivity contribution in [1.29, 1.82) is 0 Å². The topological polar surface area (TPSA) is 32.7 Å². The maximum absolute atomic E-state index is 8.71. The minimum absolute atomic E-state index is 0.249. The molecule has 0 amide bonds. The van der Waals surface area contributed by atoms with Crippen LogP contribution in [0.2, 0.25) is 0 Å². The Morgan fingerprint density at radius 2 is 1.91 bits per heavy atom. The van der Waals surface area contributed by atoms with Gasteiger partial charge in [-0.3, -0.25) is 4.90 Å². The Kier molecular flexibility index (Phi) is 3.30. The normalized spacial score (nSPS) is 34.1. The third-order valence-corrected chi connectivity index (χ3v) is 1.91. The first-order valence-corrected chi connectivity index (χ1v) is 4.21. The van der Waals surface area contributed by atoms with Gasteiger partial charge >= 0.3 is 0 Å². The van der Waals surface area contributed by atoms with Crippen LogP contribution in [0.1, 0.15) is 13.8 Å². The number of hydrogen-bond acceptors (Lipinski definition) is 3. The highest BCUT2D eigenvalue weighted by molar-refractivity contribution is 4.72. The predicted octanol–water partition coefficient (Wildman–Crippen LogP) is 0.0879. The van der Waals surface area contributed by atoms with E-state index in [1.807, 2.05) is 0 Å². The molecule has 2 atom stereocenters. The lowest BCUT2D eigenvalue weighted by Gasteiger charge is -2.34. The molecule has 0 radical (unpaired) electrons. The number of hydrogen-bond donors (Lipinski definition) is 1. The number of aliphatic hydroxyl groups is 1. The zero-order valence-electron chi connectivity index (χ0n) is 7.29. The number of rotatable bonds is 2. The third-order valence-electron chi connectivity index (χ3n) is 1.91. The minimum atomic E-state index is 0.249. The molecule has 3 nitrogen and oxygen atoms in total.